The van der Waals surface area contributed by atoms with Gasteiger partial charge in [0.2, 0.25) is 10.9 Å². The van der Waals surface area contributed by atoms with Crippen molar-refractivity contribution in [3.05, 3.63) is 56.4 Å². The van der Waals surface area contributed by atoms with Crippen molar-refractivity contribution in [3.8, 4) is 23.6 Å². The van der Waals surface area contributed by atoms with E-state index in [9.17, 15) is 20.1 Å². The van der Waals surface area contributed by atoms with Gasteiger partial charge in [-0.2, -0.15) is 10.5 Å². The van der Waals surface area contributed by atoms with Crippen molar-refractivity contribution >= 4 is 0 Å². The maximum Gasteiger partial charge on any atom is 0.225 e. The topological polar surface area (TPSA) is 101 Å². The summed E-state index contributed by atoms with van der Waals surface area (Å²) in [7, 11) is 0. The lowest BCUT2D eigenvalue weighted by molar-refractivity contribution is 0.450. The molecule has 0 aliphatic carbocycles. The van der Waals surface area contributed by atoms with Crippen molar-refractivity contribution in [2.75, 3.05) is 0 Å². The van der Waals surface area contributed by atoms with Crippen LogP contribution in [-0.2, 0) is 13.1 Å². The van der Waals surface area contributed by atoms with Crippen LogP contribution in [0.2, 0.25) is 0 Å². The fourth-order valence-corrected chi connectivity index (χ4v) is 7.60. The van der Waals surface area contributed by atoms with E-state index in [4.69, 9.17) is 4.74 Å². The monoisotopic (exact) mass is 759 g/mol. The lowest BCUT2D eigenvalue weighted by Gasteiger charge is -2.14. The molecule has 0 bridgehead atoms. The van der Waals surface area contributed by atoms with Crippen LogP contribution in [0.5, 0.6) is 11.5 Å². The van der Waals surface area contributed by atoms with Crippen LogP contribution in [0.15, 0.2) is 34.1 Å². The van der Waals surface area contributed by atoms with Gasteiger partial charge in [-0.1, -0.05) is 206 Å². The van der Waals surface area contributed by atoms with Crippen LogP contribution in [0, 0.1) is 22.7 Å². The molecule has 0 radical (unpaired) electrons. The molecular formula is C48H78N4O3. The minimum atomic E-state index is -0.437. The van der Waals surface area contributed by atoms with Gasteiger partial charge in [-0.25, -0.2) is 0 Å². The highest BCUT2D eigenvalue weighted by molar-refractivity contribution is 5.35. The van der Waals surface area contributed by atoms with Gasteiger partial charge in [0.25, 0.3) is 0 Å². The van der Waals surface area contributed by atoms with Crippen LogP contribution in [0.1, 0.15) is 231 Å². The number of aromatic nitrogens is 2. The minimum absolute atomic E-state index is 0.0197. The Hall–Kier alpha value is -3.32. The van der Waals surface area contributed by atoms with Gasteiger partial charge in [-0.3, -0.25) is 9.59 Å². The Balaban J connectivity index is 1.69. The molecule has 0 amide bonds. The fraction of sp³-hybridized carbons (Fsp3) is 0.750. The summed E-state index contributed by atoms with van der Waals surface area (Å²) in [6.07, 6.45) is 44.5. The number of ether oxygens (including phenoxy) is 1. The summed E-state index contributed by atoms with van der Waals surface area (Å²) in [5, 5.41) is 19.4. The lowest BCUT2D eigenvalue weighted by atomic mass is 10.0. The number of aryl methyl sites for hydroxylation is 2. The molecule has 7 nitrogen and oxygen atoms in total. The van der Waals surface area contributed by atoms with Gasteiger partial charge in [-0.15, -0.1) is 0 Å². The molecule has 2 heterocycles. The molecular weight excluding hydrogens is 681 g/mol. The zero-order valence-electron chi connectivity index (χ0n) is 35.4. The van der Waals surface area contributed by atoms with Crippen LogP contribution in [0.4, 0.5) is 0 Å². The van der Waals surface area contributed by atoms with Gasteiger partial charge in [0.05, 0.1) is 12.4 Å². The van der Waals surface area contributed by atoms with Crippen LogP contribution in [0.25, 0.3) is 0 Å². The highest BCUT2D eigenvalue weighted by Crippen LogP contribution is 2.19. The van der Waals surface area contributed by atoms with Crippen LogP contribution in [0.3, 0.4) is 0 Å². The predicted octanol–water partition coefficient (Wildman–Crippen LogP) is 14.1. The summed E-state index contributed by atoms with van der Waals surface area (Å²) in [6, 6.07) is 6.86. The van der Waals surface area contributed by atoms with Gasteiger partial charge in [0, 0.05) is 25.2 Å². The molecule has 0 saturated carbocycles. The molecule has 0 aliphatic heterocycles. The molecule has 0 saturated heterocycles. The highest BCUT2D eigenvalue weighted by Gasteiger charge is 2.13. The Labute approximate surface area is 335 Å². The first-order valence-electron chi connectivity index (χ1n) is 23.0. The van der Waals surface area contributed by atoms with Crippen molar-refractivity contribution in [3.63, 3.8) is 0 Å². The highest BCUT2D eigenvalue weighted by atomic mass is 16.5. The first kappa shape index (κ1) is 47.8. The minimum Gasteiger partial charge on any atom is -0.446 e. The molecule has 0 aliphatic rings. The molecule has 0 aromatic carbocycles. The summed E-state index contributed by atoms with van der Waals surface area (Å²) in [6.45, 7) is 5.76. The van der Waals surface area contributed by atoms with Crippen molar-refractivity contribution < 1.29 is 4.74 Å². The SMILES string of the molecule is CCCCCCCCCCCCCCCCCCn1cc(Oc2cn(CCCCCCCCCCCCCCCCCC)c(C#N)cc2=O)c(=O)cc1C#N. The summed E-state index contributed by atoms with van der Waals surface area (Å²) in [5.41, 5.74) is -0.293. The molecule has 0 fully saturated rings. The van der Waals surface area contributed by atoms with E-state index in [0.29, 0.717) is 24.5 Å². The molecule has 0 N–H and O–H groups in total. The largest absolute Gasteiger partial charge is 0.446 e. The van der Waals surface area contributed by atoms with Crippen molar-refractivity contribution in [1.29, 1.82) is 10.5 Å². The smallest absolute Gasteiger partial charge is 0.225 e. The van der Waals surface area contributed by atoms with Gasteiger partial charge < -0.3 is 13.9 Å². The number of unbranched alkanes of at least 4 members (excludes halogenated alkanes) is 30. The predicted molar refractivity (Wildman–Crippen MR) is 230 cm³/mol. The standard InChI is InChI=1S/C48H78N4O3/c1-3-5-7-9-11-13-15-17-19-21-23-25-27-29-31-33-35-51-41-47(45(53)37-43(51)39-49)55-48-42-52(44(40-50)38-46(48)54)36-34-32-30-28-26-24-22-20-18-16-14-12-10-8-6-4-2/h37-38,41-42H,3-36H2,1-2H3. The second-order valence-corrected chi connectivity index (χ2v) is 16.1. The van der Waals surface area contributed by atoms with Gasteiger partial charge >= 0.3 is 0 Å². The summed E-state index contributed by atoms with van der Waals surface area (Å²) >= 11 is 0. The molecule has 2 rings (SSSR count). The zero-order chi connectivity index (χ0) is 39.6. The van der Waals surface area contributed by atoms with E-state index in [-0.39, 0.29) is 11.5 Å². The number of hydrogen-bond donors (Lipinski definition) is 0. The number of nitrogens with zero attached hydrogens (tertiary/aromatic N) is 4. The fourth-order valence-electron chi connectivity index (χ4n) is 7.60. The quantitative estimate of drug-likeness (QED) is 0.0644. The Bertz CT molecular complexity index is 1350. The third-order valence-corrected chi connectivity index (χ3v) is 11.1. The Morgan fingerprint density at radius 2 is 0.655 bits per heavy atom. The van der Waals surface area contributed by atoms with E-state index in [2.05, 4.69) is 26.0 Å². The maximum absolute atomic E-state index is 12.9. The third-order valence-electron chi connectivity index (χ3n) is 11.1. The third kappa shape index (κ3) is 22.7. The lowest BCUT2D eigenvalue weighted by Crippen LogP contribution is -2.17. The molecule has 0 atom stereocenters. The maximum atomic E-state index is 12.9. The van der Waals surface area contributed by atoms with Gasteiger partial charge in [0.1, 0.15) is 23.5 Å². The van der Waals surface area contributed by atoms with E-state index >= 15 is 0 Å². The molecule has 0 unspecified atom stereocenters. The van der Waals surface area contributed by atoms with E-state index in [1.54, 1.807) is 21.5 Å². The van der Waals surface area contributed by atoms with Crippen LogP contribution in [-0.4, -0.2) is 9.13 Å². The van der Waals surface area contributed by atoms with E-state index in [0.717, 1.165) is 38.5 Å². The molecule has 2 aromatic rings. The normalized spacial score (nSPS) is 11.1. The van der Waals surface area contributed by atoms with E-state index < -0.39 is 10.9 Å². The Morgan fingerprint density at radius 3 is 0.891 bits per heavy atom. The summed E-state index contributed by atoms with van der Waals surface area (Å²) in [5.74, 6) is 0.0394. The first-order valence-corrected chi connectivity index (χ1v) is 23.0. The Kier molecular flexibility index (Phi) is 28.6. The summed E-state index contributed by atoms with van der Waals surface area (Å²) in [4.78, 5) is 25.8. The summed E-state index contributed by atoms with van der Waals surface area (Å²) < 4.78 is 9.43. The van der Waals surface area contributed by atoms with Crippen LogP contribution >= 0.6 is 0 Å². The zero-order valence-corrected chi connectivity index (χ0v) is 35.4. The second-order valence-electron chi connectivity index (χ2n) is 16.1. The molecule has 0 spiro atoms. The van der Waals surface area contributed by atoms with Gasteiger partial charge in [0.15, 0.2) is 11.5 Å². The average Bonchev–Trinajstić information content (AvgIpc) is 3.19. The van der Waals surface area contributed by atoms with Crippen molar-refractivity contribution in [1.82, 2.24) is 9.13 Å². The first-order chi connectivity index (χ1) is 27.0. The number of nitriles is 2. The van der Waals surface area contributed by atoms with Crippen molar-refractivity contribution in [2.24, 2.45) is 0 Å². The van der Waals surface area contributed by atoms with Gasteiger partial charge in [-0.05, 0) is 12.8 Å². The molecule has 55 heavy (non-hydrogen) atoms. The number of hydrogen-bond acceptors (Lipinski definition) is 5. The molecule has 308 valence electrons. The number of rotatable bonds is 36. The molecule has 7 heteroatoms. The molecule has 2 aromatic heterocycles. The number of pyridine rings is 2. The van der Waals surface area contributed by atoms with E-state index in [1.165, 1.54) is 179 Å². The van der Waals surface area contributed by atoms with Crippen LogP contribution < -0.4 is 15.6 Å². The Morgan fingerprint density at radius 1 is 0.418 bits per heavy atom. The average molecular weight is 759 g/mol. The van der Waals surface area contributed by atoms with Crippen molar-refractivity contribution in [2.45, 2.75) is 232 Å². The second kappa shape index (κ2) is 32.9. The van der Waals surface area contributed by atoms with E-state index in [1.807, 2.05) is 0 Å².